The molecule has 0 radical (unpaired) electrons. The minimum Gasteiger partial charge on any atom is -0.493 e. The summed E-state index contributed by atoms with van der Waals surface area (Å²) in [5, 5.41) is 1.35. The summed E-state index contributed by atoms with van der Waals surface area (Å²) in [7, 11) is 4.71. The van der Waals surface area contributed by atoms with Crippen molar-refractivity contribution in [3.8, 4) is 17.2 Å². The van der Waals surface area contributed by atoms with E-state index in [9.17, 15) is 4.79 Å². The first-order valence-corrected chi connectivity index (χ1v) is 10.8. The van der Waals surface area contributed by atoms with Gasteiger partial charge in [0, 0.05) is 35.2 Å². The number of nitrogens with zero attached hydrogens (tertiary/aromatic N) is 2. The Morgan fingerprint density at radius 2 is 1.74 bits per heavy atom. The van der Waals surface area contributed by atoms with Crippen LogP contribution >= 0.6 is 0 Å². The Bertz CT molecular complexity index is 1150. The molecule has 31 heavy (non-hydrogen) atoms. The van der Waals surface area contributed by atoms with Gasteiger partial charge in [-0.25, -0.2) is 0 Å². The zero-order valence-corrected chi connectivity index (χ0v) is 18.5. The highest BCUT2D eigenvalue weighted by molar-refractivity contribution is 5.96. The lowest BCUT2D eigenvalue weighted by molar-refractivity contribution is 0.0600. The fourth-order valence-corrected chi connectivity index (χ4v) is 5.33. The third-order valence-electron chi connectivity index (χ3n) is 6.70. The second-order valence-corrected chi connectivity index (χ2v) is 8.36. The second kappa shape index (κ2) is 7.52. The first-order chi connectivity index (χ1) is 15.1. The van der Waals surface area contributed by atoms with E-state index in [1.807, 2.05) is 4.90 Å². The number of fused-ring (bicyclic) bond motifs is 3. The van der Waals surface area contributed by atoms with Gasteiger partial charge in [-0.3, -0.25) is 4.79 Å². The molecule has 3 aromatic rings. The molecule has 6 nitrogen and oxygen atoms in total. The normalized spacial score (nSPS) is 17.4. The van der Waals surface area contributed by atoms with Crippen molar-refractivity contribution in [1.29, 1.82) is 0 Å². The lowest BCUT2D eigenvalue weighted by Gasteiger charge is -2.40. The van der Waals surface area contributed by atoms with Crippen LogP contribution in [0.3, 0.4) is 0 Å². The van der Waals surface area contributed by atoms with Crippen LogP contribution in [0.5, 0.6) is 17.2 Å². The number of hydrogen-bond donors (Lipinski definition) is 0. The minimum absolute atomic E-state index is 0.00443. The third-order valence-corrected chi connectivity index (χ3v) is 6.70. The Hall–Kier alpha value is -3.15. The molecule has 2 aliphatic rings. The van der Waals surface area contributed by atoms with Crippen molar-refractivity contribution in [2.75, 3.05) is 27.9 Å². The lowest BCUT2D eigenvalue weighted by Crippen LogP contribution is -2.43. The van der Waals surface area contributed by atoms with Gasteiger partial charge >= 0.3 is 0 Å². The van der Waals surface area contributed by atoms with Gasteiger partial charge in [-0.15, -0.1) is 0 Å². The fourth-order valence-electron chi connectivity index (χ4n) is 5.33. The van der Waals surface area contributed by atoms with E-state index < -0.39 is 0 Å². The number of ether oxygens (including phenoxy) is 3. The Morgan fingerprint density at radius 1 is 1.00 bits per heavy atom. The molecule has 6 heteroatoms. The van der Waals surface area contributed by atoms with E-state index in [0.717, 1.165) is 25.8 Å². The highest BCUT2D eigenvalue weighted by Gasteiger charge is 2.37. The first kappa shape index (κ1) is 19.8. The summed E-state index contributed by atoms with van der Waals surface area (Å²) in [5.41, 5.74) is 5.86. The van der Waals surface area contributed by atoms with Crippen molar-refractivity contribution >= 4 is 16.8 Å². The van der Waals surface area contributed by atoms with Gasteiger partial charge in [-0.05, 0) is 56.0 Å². The van der Waals surface area contributed by atoms with Crippen LogP contribution in [0.15, 0.2) is 30.3 Å². The number of carbonyl (C=O) groups excluding carboxylic acids is 1. The lowest BCUT2D eigenvalue weighted by atomic mass is 9.89. The molecule has 0 N–H and O–H groups in total. The van der Waals surface area contributed by atoms with Crippen LogP contribution in [-0.2, 0) is 13.0 Å². The molecule has 1 aliphatic carbocycles. The summed E-state index contributed by atoms with van der Waals surface area (Å²) in [5.74, 6) is 1.49. The maximum absolute atomic E-state index is 13.7. The molecule has 1 aromatic heterocycles. The minimum atomic E-state index is 0.00443. The van der Waals surface area contributed by atoms with Crippen molar-refractivity contribution in [3.05, 3.63) is 52.7 Å². The highest BCUT2D eigenvalue weighted by atomic mass is 16.5. The van der Waals surface area contributed by atoms with Crippen molar-refractivity contribution < 1.29 is 19.0 Å². The van der Waals surface area contributed by atoms with Crippen molar-refractivity contribution in [2.45, 2.75) is 38.8 Å². The number of rotatable bonds is 4. The maximum Gasteiger partial charge on any atom is 0.254 e. The average molecular weight is 421 g/mol. The summed E-state index contributed by atoms with van der Waals surface area (Å²) < 4.78 is 18.8. The number of aromatic nitrogens is 1. The van der Waals surface area contributed by atoms with Crippen LogP contribution in [0.1, 0.15) is 46.1 Å². The van der Waals surface area contributed by atoms with Gasteiger partial charge < -0.3 is 23.7 Å². The van der Waals surface area contributed by atoms with E-state index in [4.69, 9.17) is 14.2 Å². The Morgan fingerprint density at radius 3 is 2.42 bits per heavy atom. The van der Waals surface area contributed by atoms with Crippen LogP contribution in [0, 0.1) is 6.92 Å². The van der Waals surface area contributed by atoms with Gasteiger partial charge in [-0.2, -0.15) is 0 Å². The SMILES string of the molecule is COc1cc(C(=O)N2CCn3c4c(c5cc(C)ccc53)CCC[C@H]42)cc(OC)c1OC. The van der Waals surface area contributed by atoms with Gasteiger partial charge in [0.25, 0.3) is 5.91 Å². The molecule has 0 saturated carbocycles. The van der Waals surface area contributed by atoms with E-state index in [1.54, 1.807) is 33.5 Å². The molecular weight excluding hydrogens is 392 g/mol. The van der Waals surface area contributed by atoms with E-state index in [-0.39, 0.29) is 11.9 Å². The number of hydrogen-bond acceptors (Lipinski definition) is 4. The quantitative estimate of drug-likeness (QED) is 0.623. The molecule has 0 spiro atoms. The van der Waals surface area contributed by atoms with Crippen LogP contribution in [0.4, 0.5) is 0 Å². The molecule has 0 bridgehead atoms. The second-order valence-electron chi connectivity index (χ2n) is 8.36. The largest absolute Gasteiger partial charge is 0.493 e. The van der Waals surface area contributed by atoms with Crippen LogP contribution in [0.2, 0.25) is 0 Å². The smallest absolute Gasteiger partial charge is 0.254 e. The standard InChI is InChI=1S/C25H28N2O4/c1-15-8-9-19-18(12-15)17-6-5-7-20-23(17)26(19)10-11-27(20)25(28)16-13-21(29-2)24(31-4)22(14-16)30-3/h8-9,12-14,20H,5-7,10-11H2,1-4H3/t20-/m1/s1. The summed E-state index contributed by atoms with van der Waals surface area (Å²) in [6.45, 7) is 3.63. The monoisotopic (exact) mass is 420 g/mol. The van der Waals surface area contributed by atoms with E-state index in [1.165, 1.54) is 27.7 Å². The van der Waals surface area contributed by atoms with Crippen LogP contribution < -0.4 is 14.2 Å². The molecule has 0 unspecified atom stereocenters. The van der Waals surface area contributed by atoms with E-state index in [2.05, 4.69) is 29.7 Å². The Balaban J connectivity index is 1.58. The molecule has 1 amide bonds. The topological polar surface area (TPSA) is 52.9 Å². The number of amides is 1. The zero-order valence-electron chi connectivity index (χ0n) is 18.5. The van der Waals surface area contributed by atoms with Crippen molar-refractivity contribution in [1.82, 2.24) is 9.47 Å². The Kier molecular flexibility index (Phi) is 4.80. The van der Waals surface area contributed by atoms with Gasteiger partial charge in [0.05, 0.1) is 27.4 Å². The summed E-state index contributed by atoms with van der Waals surface area (Å²) >= 11 is 0. The van der Waals surface area contributed by atoms with Crippen molar-refractivity contribution in [2.24, 2.45) is 0 Å². The van der Waals surface area contributed by atoms with Gasteiger partial charge in [0.15, 0.2) is 11.5 Å². The van der Waals surface area contributed by atoms with Gasteiger partial charge in [-0.1, -0.05) is 11.6 Å². The highest BCUT2D eigenvalue weighted by Crippen LogP contribution is 2.44. The molecule has 1 atom stereocenters. The Labute approximate surface area is 182 Å². The fraction of sp³-hybridized carbons (Fsp3) is 0.400. The summed E-state index contributed by atoms with van der Waals surface area (Å²) in [6.07, 6.45) is 3.15. The molecule has 2 heterocycles. The number of benzene rings is 2. The summed E-state index contributed by atoms with van der Waals surface area (Å²) in [6, 6.07) is 10.3. The average Bonchev–Trinajstić information content (AvgIpc) is 3.12. The van der Waals surface area contributed by atoms with Gasteiger partial charge in [0.1, 0.15) is 0 Å². The van der Waals surface area contributed by atoms with E-state index >= 15 is 0 Å². The van der Waals surface area contributed by atoms with Gasteiger partial charge in [0.2, 0.25) is 5.75 Å². The number of aryl methyl sites for hydroxylation is 2. The predicted octanol–water partition coefficient (Wildman–Crippen LogP) is 4.51. The predicted molar refractivity (Wildman–Crippen MR) is 119 cm³/mol. The molecule has 0 fully saturated rings. The van der Waals surface area contributed by atoms with E-state index in [0.29, 0.717) is 29.4 Å². The zero-order chi connectivity index (χ0) is 21.7. The maximum atomic E-state index is 13.7. The summed E-state index contributed by atoms with van der Waals surface area (Å²) in [4.78, 5) is 15.7. The number of carbonyl (C=O) groups is 1. The molecular formula is C25H28N2O4. The molecule has 0 saturated heterocycles. The van der Waals surface area contributed by atoms with Crippen molar-refractivity contribution in [3.63, 3.8) is 0 Å². The number of methoxy groups -OCH3 is 3. The van der Waals surface area contributed by atoms with Crippen LogP contribution in [-0.4, -0.2) is 43.2 Å². The molecule has 162 valence electrons. The first-order valence-electron chi connectivity index (χ1n) is 10.8. The molecule has 2 aromatic carbocycles. The molecule has 1 aliphatic heterocycles. The van der Waals surface area contributed by atoms with Crippen LogP contribution in [0.25, 0.3) is 10.9 Å². The third kappa shape index (κ3) is 2.96. The molecule has 5 rings (SSSR count).